The van der Waals surface area contributed by atoms with Crippen LogP contribution in [-0.4, -0.2) is 42.1 Å². The van der Waals surface area contributed by atoms with E-state index in [-0.39, 0.29) is 17.5 Å². The van der Waals surface area contributed by atoms with Gasteiger partial charge in [-0.3, -0.25) is 9.78 Å². The van der Waals surface area contributed by atoms with Gasteiger partial charge in [-0.2, -0.15) is 13.2 Å². The summed E-state index contributed by atoms with van der Waals surface area (Å²) in [5, 5.41) is 2.82. The fourth-order valence-corrected chi connectivity index (χ4v) is 4.31. The molecular formula is C22H26F3N5O. The zero-order valence-electron chi connectivity index (χ0n) is 17.2. The Morgan fingerprint density at radius 2 is 1.81 bits per heavy atom. The molecule has 0 radical (unpaired) electrons. The van der Waals surface area contributed by atoms with E-state index >= 15 is 0 Å². The van der Waals surface area contributed by atoms with Crippen LogP contribution >= 0.6 is 0 Å². The molecule has 3 heterocycles. The van der Waals surface area contributed by atoms with Crippen LogP contribution in [0.15, 0.2) is 36.8 Å². The van der Waals surface area contributed by atoms with Crippen LogP contribution < -0.4 is 15.1 Å². The van der Waals surface area contributed by atoms with Crippen molar-refractivity contribution < 1.29 is 18.0 Å². The number of piperidine rings is 2. The minimum Gasteiger partial charge on any atom is -0.370 e. The van der Waals surface area contributed by atoms with E-state index < -0.39 is 11.7 Å². The van der Waals surface area contributed by atoms with Crippen molar-refractivity contribution in [3.05, 3.63) is 42.4 Å². The molecule has 1 aromatic heterocycles. The number of aromatic nitrogens is 2. The molecule has 1 unspecified atom stereocenters. The number of nitrogens with one attached hydrogen (secondary N) is 1. The fraction of sp³-hybridized carbons (Fsp3) is 0.500. The monoisotopic (exact) mass is 433 g/mol. The molecule has 1 atom stereocenters. The number of anilines is 3. The second kappa shape index (κ2) is 9.11. The first-order valence-corrected chi connectivity index (χ1v) is 10.7. The number of amides is 1. The second-order valence-corrected chi connectivity index (χ2v) is 8.12. The topological polar surface area (TPSA) is 61.4 Å². The molecule has 0 spiro atoms. The Balaban J connectivity index is 1.54. The number of rotatable bonds is 4. The summed E-state index contributed by atoms with van der Waals surface area (Å²) < 4.78 is 40.0. The number of hydrogen-bond donors (Lipinski definition) is 1. The van der Waals surface area contributed by atoms with E-state index in [0.29, 0.717) is 24.5 Å². The summed E-state index contributed by atoms with van der Waals surface area (Å²) in [6.07, 6.45) is 4.96. The summed E-state index contributed by atoms with van der Waals surface area (Å²) in [5.41, 5.74) is 0.134. The largest absolute Gasteiger partial charge is 0.416 e. The van der Waals surface area contributed by atoms with Gasteiger partial charge in [0, 0.05) is 38.6 Å². The van der Waals surface area contributed by atoms with Crippen molar-refractivity contribution in [2.24, 2.45) is 5.92 Å². The highest BCUT2D eigenvalue weighted by Gasteiger charge is 2.33. The van der Waals surface area contributed by atoms with Gasteiger partial charge >= 0.3 is 6.18 Å². The van der Waals surface area contributed by atoms with Crippen molar-refractivity contribution in [2.75, 3.05) is 41.3 Å². The lowest BCUT2D eigenvalue weighted by Gasteiger charge is -2.34. The summed E-state index contributed by atoms with van der Waals surface area (Å²) in [4.78, 5) is 25.5. The maximum absolute atomic E-state index is 13.3. The predicted octanol–water partition coefficient (Wildman–Crippen LogP) is 4.34. The fourth-order valence-electron chi connectivity index (χ4n) is 4.31. The Bertz CT molecular complexity index is 900. The quantitative estimate of drug-likeness (QED) is 0.777. The van der Waals surface area contributed by atoms with Crippen LogP contribution in [0.2, 0.25) is 0 Å². The average Bonchev–Trinajstić information content (AvgIpc) is 2.80. The molecule has 0 aliphatic carbocycles. The van der Waals surface area contributed by atoms with Crippen molar-refractivity contribution in [3.8, 4) is 0 Å². The number of hydrogen-bond acceptors (Lipinski definition) is 5. The molecule has 2 aromatic rings. The molecular weight excluding hydrogens is 407 g/mol. The van der Waals surface area contributed by atoms with Crippen LogP contribution in [-0.2, 0) is 11.0 Å². The lowest BCUT2D eigenvalue weighted by Crippen LogP contribution is -2.41. The molecule has 1 amide bonds. The van der Waals surface area contributed by atoms with Crippen LogP contribution in [0.4, 0.5) is 30.4 Å². The van der Waals surface area contributed by atoms with E-state index in [2.05, 4.69) is 20.2 Å². The average molecular weight is 433 g/mol. The summed E-state index contributed by atoms with van der Waals surface area (Å²) in [6, 6.07) is 3.64. The first-order valence-electron chi connectivity index (χ1n) is 10.7. The molecule has 166 valence electrons. The number of alkyl halides is 3. The van der Waals surface area contributed by atoms with Crippen molar-refractivity contribution in [3.63, 3.8) is 0 Å². The summed E-state index contributed by atoms with van der Waals surface area (Å²) in [6.45, 7) is 2.78. The molecule has 4 rings (SSSR count). The van der Waals surface area contributed by atoms with Gasteiger partial charge in [0.25, 0.3) is 0 Å². The van der Waals surface area contributed by atoms with E-state index in [0.717, 1.165) is 57.5 Å². The Morgan fingerprint density at radius 3 is 2.52 bits per heavy atom. The maximum Gasteiger partial charge on any atom is 0.416 e. The van der Waals surface area contributed by atoms with Gasteiger partial charge < -0.3 is 15.1 Å². The van der Waals surface area contributed by atoms with Crippen LogP contribution in [0.3, 0.4) is 0 Å². The van der Waals surface area contributed by atoms with Gasteiger partial charge in [-0.25, -0.2) is 4.98 Å². The lowest BCUT2D eigenvalue weighted by molar-refractivity contribution is -0.137. The van der Waals surface area contributed by atoms with Crippen LogP contribution in [0.5, 0.6) is 0 Å². The van der Waals surface area contributed by atoms with Gasteiger partial charge in [0.1, 0.15) is 5.82 Å². The molecule has 2 saturated heterocycles. The molecule has 2 aliphatic rings. The molecule has 1 aromatic carbocycles. The van der Waals surface area contributed by atoms with E-state index in [1.807, 2.05) is 4.90 Å². The van der Waals surface area contributed by atoms with Crippen molar-refractivity contribution >= 4 is 23.1 Å². The number of carbonyl (C=O) groups excluding carboxylic acids is 1. The zero-order chi connectivity index (χ0) is 21.8. The molecule has 6 nitrogen and oxygen atoms in total. The van der Waals surface area contributed by atoms with Gasteiger partial charge in [-0.05, 0) is 50.3 Å². The van der Waals surface area contributed by atoms with Crippen molar-refractivity contribution in [1.29, 1.82) is 0 Å². The molecule has 1 N–H and O–H groups in total. The van der Waals surface area contributed by atoms with E-state index in [1.165, 1.54) is 6.07 Å². The molecule has 2 aliphatic heterocycles. The highest BCUT2D eigenvalue weighted by atomic mass is 19.4. The van der Waals surface area contributed by atoms with Crippen molar-refractivity contribution in [1.82, 2.24) is 9.97 Å². The molecule has 0 bridgehead atoms. The third kappa shape index (κ3) is 5.08. The van der Waals surface area contributed by atoms with Gasteiger partial charge in [-0.15, -0.1) is 0 Å². The Labute approximate surface area is 179 Å². The first kappa shape index (κ1) is 21.4. The second-order valence-electron chi connectivity index (χ2n) is 8.12. The first-order chi connectivity index (χ1) is 14.9. The van der Waals surface area contributed by atoms with Crippen LogP contribution in [0.25, 0.3) is 0 Å². The van der Waals surface area contributed by atoms with Gasteiger partial charge in [0.05, 0.1) is 29.1 Å². The summed E-state index contributed by atoms with van der Waals surface area (Å²) in [7, 11) is 0. The highest BCUT2D eigenvalue weighted by Crippen LogP contribution is 2.37. The molecule has 0 saturated carbocycles. The van der Waals surface area contributed by atoms with Gasteiger partial charge in [-0.1, -0.05) is 0 Å². The number of nitrogens with zero attached hydrogens (tertiary/aromatic N) is 4. The number of carbonyl (C=O) groups is 1. The Hall–Kier alpha value is -2.84. The van der Waals surface area contributed by atoms with Crippen molar-refractivity contribution in [2.45, 2.75) is 38.3 Å². The minimum atomic E-state index is -4.46. The third-order valence-corrected chi connectivity index (χ3v) is 5.94. The van der Waals surface area contributed by atoms with Gasteiger partial charge in [0.15, 0.2) is 0 Å². The van der Waals surface area contributed by atoms with E-state index in [9.17, 15) is 18.0 Å². The number of benzene rings is 1. The third-order valence-electron chi connectivity index (χ3n) is 5.94. The van der Waals surface area contributed by atoms with E-state index in [1.54, 1.807) is 18.6 Å². The Morgan fingerprint density at radius 1 is 1.03 bits per heavy atom. The number of halogens is 3. The van der Waals surface area contributed by atoms with Crippen LogP contribution in [0, 0.1) is 5.92 Å². The Kier molecular flexibility index (Phi) is 6.29. The minimum absolute atomic E-state index is 0.235. The summed E-state index contributed by atoms with van der Waals surface area (Å²) >= 11 is 0. The molecule has 9 heteroatoms. The zero-order valence-corrected chi connectivity index (χ0v) is 17.2. The normalized spacial score (nSPS) is 19.9. The SMILES string of the molecule is O=C(Nc1cc(C(F)(F)F)ccc1N1CCCCC1)C1CCCN(c2cnccn2)C1. The predicted molar refractivity (Wildman–Crippen MR) is 113 cm³/mol. The van der Waals surface area contributed by atoms with Gasteiger partial charge in [0.2, 0.25) is 5.91 Å². The van der Waals surface area contributed by atoms with E-state index in [4.69, 9.17) is 0 Å². The highest BCUT2D eigenvalue weighted by molar-refractivity contribution is 5.96. The standard InChI is InChI=1S/C22H26F3N5O/c23-22(24,25)17-6-7-19(29-10-2-1-3-11-29)18(13-17)28-21(31)16-5-4-12-30(15-16)20-14-26-8-9-27-20/h6-9,13-14,16H,1-5,10-12,15H2,(H,28,31). The molecule has 31 heavy (non-hydrogen) atoms. The lowest BCUT2D eigenvalue weighted by atomic mass is 9.96. The summed E-state index contributed by atoms with van der Waals surface area (Å²) in [5.74, 6) is 0.110. The molecule has 2 fully saturated rings. The maximum atomic E-state index is 13.3. The smallest absolute Gasteiger partial charge is 0.370 e. The van der Waals surface area contributed by atoms with Crippen LogP contribution in [0.1, 0.15) is 37.7 Å².